The summed E-state index contributed by atoms with van der Waals surface area (Å²) in [6.45, 7) is 1.54. The Balaban J connectivity index is 1.98. The van der Waals surface area contributed by atoms with Gasteiger partial charge < -0.3 is 10.6 Å². The number of hydrogen-bond donors (Lipinski definition) is 2. The minimum atomic E-state index is -6.98. The summed E-state index contributed by atoms with van der Waals surface area (Å²) in [5.41, 5.74) is -9.26. The molecule has 6 nitrogen and oxygen atoms in total. The molecule has 44 heavy (non-hydrogen) atoms. The second-order valence-electron chi connectivity index (χ2n) is 8.97. The first-order valence-electron chi connectivity index (χ1n) is 11.6. The van der Waals surface area contributed by atoms with E-state index in [4.69, 9.17) is 28.5 Å². The first-order chi connectivity index (χ1) is 20.2. The van der Waals surface area contributed by atoms with Crippen LogP contribution in [0.25, 0.3) is 0 Å². The molecule has 0 spiro atoms. The maximum absolute atomic E-state index is 14.9. The van der Waals surface area contributed by atoms with E-state index in [0.29, 0.717) is 5.56 Å². The van der Waals surface area contributed by atoms with Gasteiger partial charge in [0.2, 0.25) is 0 Å². The molecule has 0 aliphatic heterocycles. The number of anilines is 2. The van der Waals surface area contributed by atoms with Crippen molar-refractivity contribution >= 4 is 46.4 Å². The van der Waals surface area contributed by atoms with Crippen molar-refractivity contribution in [2.75, 3.05) is 10.6 Å². The number of nitriles is 2. The number of rotatable bonds is 6. The van der Waals surface area contributed by atoms with Crippen molar-refractivity contribution in [1.29, 1.82) is 10.5 Å². The molecule has 0 aliphatic rings. The summed E-state index contributed by atoms with van der Waals surface area (Å²) >= 11 is 11.5. The van der Waals surface area contributed by atoms with Crippen molar-refractivity contribution in [2.24, 2.45) is 0 Å². The van der Waals surface area contributed by atoms with E-state index in [9.17, 15) is 54.4 Å². The van der Waals surface area contributed by atoms with Gasteiger partial charge in [0.1, 0.15) is 6.07 Å². The summed E-state index contributed by atoms with van der Waals surface area (Å²) in [6.07, 6.45) is -13.8. The molecule has 0 saturated carbocycles. The van der Waals surface area contributed by atoms with E-state index < -0.39 is 57.1 Å². The van der Waals surface area contributed by atoms with Crippen LogP contribution in [0.1, 0.15) is 43.0 Å². The highest BCUT2D eigenvalue weighted by Gasteiger charge is 2.81. The number of alkyl halides is 9. The molecule has 3 rings (SSSR count). The molecule has 0 radical (unpaired) electrons. The number of carbonyl (C=O) groups is 2. The lowest BCUT2D eigenvalue weighted by Crippen LogP contribution is -2.59. The van der Waals surface area contributed by atoms with Crippen molar-refractivity contribution in [1.82, 2.24) is 0 Å². The average Bonchev–Trinajstić information content (AvgIpc) is 2.92. The zero-order valence-electron chi connectivity index (χ0n) is 21.5. The molecule has 0 aliphatic carbocycles. The van der Waals surface area contributed by atoms with Gasteiger partial charge in [-0.3, -0.25) is 9.59 Å². The summed E-state index contributed by atoms with van der Waals surface area (Å²) in [6, 6.07) is 10.6. The fourth-order valence-electron chi connectivity index (χ4n) is 3.86. The molecular weight excluding hydrogens is 654 g/mol. The van der Waals surface area contributed by atoms with E-state index in [-0.39, 0.29) is 40.1 Å². The number of aryl methyl sites for hydroxylation is 1. The molecule has 3 aromatic carbocycles. The minimum absolute atomic E-state index is 0.111. The van der Waals surface area contributed by atoms with Crippen LogP contribution in [0.3, 0.4) is 0 Å². The fourth-order valence-corrected chi connectivity index (χ4v) is 4.44. The summed E-state index contributed by atoms with van der Waals surface area (Å²) in [4.78, 5) is 25.7. The minimum Gasteiger partial charge on any atom is -0.321 e. The lowest BCUT2D eigenvalue weighted by molar-refractivity contribution is -0.389. The number of amides is 2. The lowest BCUT2D eigenvalue weighted by Gasteiger charge is -2.36. The molecule has 17 heteroatoms. The Morgan fingerprint density at radius 2 is 1.34 bits per heavy atom. The summed E-state index contributed by atoms with van der Waals surface area (Å²) in [5, 5.41) is 20.6. The number of carbonyl (C=O) groups excluding carboxylic acids is 2. The number of halogens is 11. The number of nitrogens with one attached hydrogen (secondary N) is 2. The van der Waals surface area contributed by atoms with E-state index in [1.165, 1.54) is 25.1 Å². The van der Waals surface area contributed by atoms with E-state index in [1.807, 2.05) is 11.4 Å². The first kappa shape index (κ1) is 34.0. The third-order valence-corrected chi connectivity index (χ3v) is 6.70. The maximum atomic E-state index is 14.9. The van der Waals surface area contributed by atoms with Gasteiger partial charge in [0, 0.05) is 16.7 Å². The van der Waals surface area contributed by atoms with Gasteiger partial charge in [-0.15, -0.1) is 0 Å². The van der Waals surface area contributed by atoms with Crippen LogP contribution in [0.15, 0.2) is 48.5 Å². The van der Waals surface area contributed by atoms with Crippen LogP contribution < -0.4 is 10.6 Å². The van der Waals surface area contributed by atoms with Crippen molar-refractivity contribution < 1.29 is 49.1 Å². The number of benzene rings is 3. The smallest absolute Gasteiger partial charge is 0.321 e. The molecule has 1 atom stereocenters. The Kier molecular flexibility index (Phi) is 9.20. The second-order valence-corrected chi connectivity index (χ2v) is 9.78. The van der Waals surface area contributed by atoms with E-state index in [1.54, 1.807) is 6.07 Å². The van der Waals surface area contributed by atoms with Gasteiger partial charge in [-0.1, -0.05) is 23.2 Å². The Morgan fingerprint density at radius 1 is 0.750 bits per heavy atom. The zero-order chi connectivity index (χ0) is 33.4. The van der Waals surface area contributed by atoms with E-state index >= 15 is 0 Å². The largest absolute Gasteiger partial charge is 0.457 e. The van der Waals surface area contributed by atoms with Gasteiger partial charge >= 0.3 is 23.9 Å². The van der Waals surface area contributed by atoms with Gasteiger partial charge in [-0.2, -0.15) is 45.6 Å². The topological polar surface area (TPSA) is 106 Å². The van der Waals surface area contributed by atoms with Crippen LogP contribution in [0.4, 0.5) is 50.9 Å². The van der Waals surface area contributed by atoms with Crippen LogP contribution in [0, 0.1) is 29.6 Å². The second kappa shape index (κ2) is 11.9. The maximum Gasteiger partial charge on any atom is 0.457 e. The molecule has 230 valence electrons. The predicted octanol–water partition coefficient (Wildman–Crippen LogP) is 8.47. The molecule has 0 aromatic heterocycles. The lowest BCUT2D eigenvalue weighted by atomic mass is 9.87. The fraction of sp³-hybridized carbons (Fsp3) is 0.185. The Morgan fingerprint density at radius 3 is 1.82 bits per heavy atom. The van der Waals surface area contributed by atoms with Crippen molar-refractivity contribution in [2.45, 2.75) is 30.9 Å². The van der Waals surface area contributed by atoms with E-state index in [2.05, 4.69) is 5.32 Å². The quantitative estimate of drug-likeness (QED) is 0.257. The van der Waals surface area contributed by atoms with Crippen LogP contribution >= 0.6 is 23.2 Å². The molecule has 0 saturated heterocycles. The van der Waals surface area contributed by atoms with Gasteiger partial charge in [0.05, 0.1) is 38.6 Å². The molecule has 0 bridgehead atoms. The van der Waals surface area contributed by atoms with Crippen LogP contribution in [-0.2, 0) is 5.67 Å². The zero-order valence-corrected chi connectivity index (χ0v) is 23.0. The summed E-state index contributed by atoms with van der Waals surface area (Å²) in [7, 11) is 0. The van der Waals surface area contributed by atoms with E-state index in [0.717, 1.165) is 18.2 Å². The normalized spacial score (nSPS) is 13.3. The standard InChI is InChI=1S/C27H13Cl2F9N4O2/c1-12-6-13(10-39)2-5-17(12)23(44)41-20-7-14(3-4-15(20)11-40)22(43)42-21-18(28)8-16(9-19(21)29)24(30,26(33,34)35)25(31,32)27(36,37)38/h2-9H,1H3,(H,41,44)(H,42,43). The molecule has 3 aromatic rings. The monoisotopic (exact) mass is 666 g/mol. The Hall–Kier alpha value is -4.47. The van der Waals surface area contributed by atoms with Gasteiger partial charge in [0.15, 0.2) is 0 Å². The van der Waals surface area contributed by atoms with Crippen LogP contribution in [0.2, 0.25) is 10.0 Å². The highest BCUT2D eigenvalue weighted by atomic mass is 35.5. The molecule has 2 amide bonds. The molecular formula is C27H13Cl2F9N4O2. The molecule has 2 N–H and O–H groups in total. The van der Waals surface area contributed by atoms with Gasteiger partial charge in [-0.25, -0.2) is 4.39 Å². The Bertz CT molecular complexity index is 1720. The Labute approximate surface area is 251 Å². The van der Waals surface area contributed by atoms with Crippen molar-refractivity contribution in [3.05, 3.63) is 92.0 Å². The molecule has 0 fully saturated rings. The third-order valence-electron chi connectivity index (χ3n) is 6.11. The third kappa shape index (κ3) is 6.11. The highest BCUT2D eigenvalue weighted by molar-refractivity contribution is 6.40. The molecule has 0 heterocycles. The van der Waals surface area contributed by atoms with Crippen LogP contribution in [0.5, 0.6) is 0 Å². The molecule has 1 unspecified atom stereocenters. The van der Waals surface area contributed by atoms with Crippen molar-refractivity contribution in [3.63, 3.8) is 0 Å². The number of hydrogen-bond acceptors (Lipinski definition) is 4. The first-order valence-corrected chi connectivity index (χ1v) is 12.3. The number of nitrogens with zero attached hydrogens (tertiary/aromatic N) is 2. The SMILES string of the molecule is Cc1cc(C#N)ccc1C(=O)Nc1cc(C(=O)Nc2c(Cl)cc(C(F)(C(F)(F)F)C(F)(F)C(F)(F)F)cc2Cl)ccc1C#N. The average molecular weight is 667 g/mol. The van der Waals surface area contributed by atoms with Gasteiger partial charge in [-0.05, 0) is 61.0 Å². The van der Waals surface area contributed by atoms with Crippen molar-refractivity contribution in [3.8, 4) is 12.1 Å². The summed E-state index contributed by atoms with van der Waals surface area (Å²) < 4.78 is 121. The van der Waals surface area contributed by atoms with Crippen LogP contribution in [-0.4, -0.2) is 30.1 Å². The summed E-state index contributed by atoms with van der Waals surface area (Å²) in [5.74, 6) is -8.87. The highest BCUT2D eigenvalue weighted by Crippen LogP contribution is 2.59. The predicted molar refractivity (Wildman–Crippen MR) is 139 cm³/mol. The van der Waals surface area contributed by atoms with Gasteiger partial charge in [0.25, 0.3) is 11.8 Å².